The van der Waals surface area contributed by atoms with E-state index in [2.05, 4.69) is 52.8 Å². The van der Waals surface area contributed by atoms with E-state index in [1.165, 1.54) is 17.3 Å². The van der Waals surface area contributed by atoms with Gasteiger partial charge in [0, 0.05) is 6.20 Å². The number of pyridine rings is 1. The summed E-state index contributed by atoms with van der Waals surface area (Å²) >= 11 is 1.33. The van der Waals surface area contributed by atoms with Crippen molar-refractivity contribution in [2.45, 2.75) is 43.0 Å². The van der Waals surface area contributed by atoms with Gasteiger partial charge in [0.25, 0.3) is 0 Å². The SMILES string of the molecule is CC(C)(C)c1ccc(OCc2nc(N)nc(Sc3ccccn3)n2)cc1. The number of rotatable bonds is 5. The molecule has 0 radical (unpaired) electrons. The molecule has 1 aromatic carbocycles. The summed E-state index contributed by atoms with van der Waals surface area (Å²) in [6, 6.07) is 13.7. The maximum atomic E-state index is 5.80. The first kappa shape index (κ1) is 18.1. The second-order valence-electron chi connectivity index (χ2n) is 6.73. The van der Waals surface area contributed by atoms with Crippen LogP contribution < -0.4 is 10.5 Å². The molecule has 2 aromatic heterocycles. The minimum atomic E-state index is 0.110. The molecule has 3 rings (SSSR count). The predicted octanol–water partition coefficient (Wildman–Crippen LogP) is 3.88. The smallest absolute Gasteiger partial charge is 0.224 e. The van der Waals surface area contributed by atoms with Crippen molar-refractivity contribution < 1.29 is 4.74 Å². The Morgan fingerprint density at radius 1 is 1.00 bits per heavy atom. The van der Waals surface area contributed by atoms with Crippen molar-refractivity contribution in [3.63, 3.8) is 0 Å². The summed E-state index contributed by atoms with van der Waals surface area (Å²) in [4.78, 5) is 16.9. The van der Waals surface area contributed by atoms with Gasteiger partial charge in [-0.15, -0.1) is 0 Å². The topological polar surface area (TPSA) is 86.8 Å². The molecule has 0 aliphatic heterocycles. The average Bonchev–Trinajstić information content (AvgIpc) is 2.60. The standard InChI is InChI=1S/C19H21N5OS/c1-19(2,3)13-7-9-14(10-8-13)25-12-15-22-17(20)24-18(23-15)26-16-6-4-5-11-21-16/h4-11H,12H2,1-3H3,(H2,20,22,23,24). The first-order valence-corrected chi connectivity index (χ1v) is 9.04. The van der Waals surface area contributed by atoms with E-state index in [0.717, 1.165) is 10.8 Å². The minimum Gasteiger partial charge on any atom is -0.486 e. The molecular formula is C19H21N5OS. The summed E-state index contributed by atoms with van der Waals surface area (Å²) in [5.74, 6) is 1.41. The first-order chi connectivity index (χ1) is 12.4. The Balaban J connectivity index is 1.68. The molecule has 0 fully saturated rings. The average molecular weight is 367 g/mol. The second kappa shape index (κ2) is 7.70. The van der Waals surface area contributed by atoms with Crippen molar-refractivity contribution in [1.29, 1.82) is 0 Å². The third-order valence-corrected chi connectivity index (χ3v) is 4.42. The molecule has 0 saturated heterocycles. The number of nitrogens with zero attached hydrogens (tertiary/aromatic N) is 4. The van der Waals surface area contributed by atoms with Crippen LogP contribution in [-0.2, 0) is 12.0 Å². The number of nitrogens with two attached hydrogens (primary N) is 1. The molecule has 26 heavy (non-hydrogen) atoms. The van der Waals surface area contributed by atoms with E-state index < -0.39 is 0 Å². The lowest BCUT2D eigenvalue weighted by atomic mass is 9.87. The molecule has 0 unspecified atom stereocenters. The zero-order chi connectivity index (χ0) is 18.6. The molecule has 0 bridgehead atoms. The quantitative estimate of drug-likeness (QED) is 0.732. The molecule has 0 saturated carbocycles. The Kier molecular flexibility index (Phi) is 5.37. The highest BCUT2D eigenvalue weighted by atomic mass is 32.2. The van der Waals surface area contributed by atoms with Gasteiger partial charge < -0.3 is 10.5 Å². The lowest BCUT2D eigenvalue weighted by molar-refractivity contribution is 0.294. The van der Waals surface area contributed by atoms with E-state index >= 15 is 0 Å². The summed E-state index contributed by atoms with van der Waals surface area (Å²) in [5.41, 5.74) is 7.16. The number of aromatic nitrogens is 4. The number of nitrogen functional groups attached to an aromatic ring is 1. The molecule has 6 nitrogen and oxygen atoms in total. The van der Waals surface area contributed by atoms with Crippen LogP contribution >= 0.6 is 11.8 Å². The molecule has 3 aromatic rings. The highest BCUT2D eigenvalue weighted by Crippen LogP contribution is 2.25. The molecule has 0 aliphatic carbocycles. The van der Waals surface area contributed by atoms with Crippen molar-refractivity contribution in [3.8, 4) is 5.75 Å². The van der Waals surface area contributed by atoms with E-state index in [1.54, 1.807) is 6.20 Å². The van der Waals surface area contributed by atoms with Gasteiger partial charge in [0.05, 0.1) is 0 Å². The van der Waals surface area contributed by atoms with E-state index in [-0.39, 0.29) is 18.0 Å². The van der Waals surface area contributed by atoms with Crippen LogP contribution in [0.4, 0.5) is 5.95 Å². The molecule has 7 heteroatoms. The van der Waals surface area contributed by atoms with Gasteiger partial charge in [0.15, 0.2) is 11.0 Å². The molecule has 0 spiro atoms. The van der Waals surface area contributed by atoms with Crippen LogP contribution in [0.15, 0.2) is 58.8 Å². The van der Waals surface area contributed by atoms with Crippen molar-refractivity contribution in [3.05, 3.63) is 60.0 Å². The van der Waals surface area contributed by atoms with E-state index in [0.29, 0.717) is 11.0 Å². The Hall–Kier alpha value is -2.67. The first-order valence-electron chi connectivity index (χ1n) is 8.23. The van der Waals surface area contributed by atoms with Gasteiger partial charge in [-0.05, 0) is 47.0 Å². The van der Waals surface area contributed by atoms with Crippen LogP contribution in [0.2, 0.25) is 0 Å². The maximum absolute atomic E-state index is 5.80. The zero-order valence-electron chi connectivity index (χ0n) is 15.0. The predicted molar refractivity (Wildman–Crippen MR) is 102 cm³/mol. The molecule has 0 amide bonds. The number of benzene rings is 1. The fourth-order valence-electron chi connectivity index (χ4n) is 2.23. The monoisotopic (exact) mass is 367 g/mol. The molecule has 2 heterocycles. The summed E-state index contributed by atoms with van der Waals surface area (Å²) in [7, 11) is 0. The van der Waals surface area contributed by atoms with Gasteiger partial charge in [-0.3, -0.25) is 0 Å². The van der Waals surface area contributed by atoms with Crippen molar-refractivity contribution in [2.24, 2.45) is 0 Å². The van der Waals surface area contributed by atoms with Crippen LogP contribution in [-0.4, -0.2) is 19.9 Å². The highest BCUT2D eigenvalue weighted by molar-refractivity contribution is 7.99. The summed E-state index contributed by atoms with van der Waals surface area (Å²) in [5, 5.41) is 1.29. The Labute approximate surface area is 157 Å². The molecule has 2 N–H and O–H groups in total. The van der Waals surface area contributed by atoms with E-state index in [1.807, 2.05) is 30.3 Å². The second-order valence-corrected chi connectivity index (χ2v) is 7.71. The van der Waals surface area contributed by atoms with Crippen LogP contribution in [0.5, 0.6) is 5.75 Å². The fraction of sp³-hybridized carbons (Fsp3) is 0.263. The lowest BCUT2D eigenvalue weighted by Crippen LogP contribution is -2.11. The van der Waals surface area contributed by atoms with E-state index in [4.69, 9.17) is 10.5 Å². The molecular weight excluding hydrogens is 346 g/mol. The molecule has 134 valence electrons. The van der Waals surface area contributed by atoms with Crippen LogP contribution in [0, 0.1) is 0 Å². The van der Waals surface area contributed by atoms with Gasteiger partial charge in [0.2, 0.25) is 5.95 Å². The fourth-order valence-corrected chi connectivity index (χ4v) is 2.96. The summed E-state index contributed by atoms with van der Waals surface area (Å²) < 4.78 is 5.79. The lowest BCUT2D eigenvalue weighted by Gasteiger charge is -2.19. The summed E-state index contributed by atoms with van der Waals surface area (Å²) in [6.45, 7) is 6.75. The van der Waals surface area contributed by atoms with Crippen molar-refractivity contribution in [1.82, 2.24) is 19.9 Å². The minimum absolute atomic E-state index is 0.110. The Morgan fingerprint density at radius 3 is 2.42 bits per heavy atom. The van der Waals surface area contributed by atoms with Crippen LogP contribution in [0.3, 0.4) is 0 Å². The van der Waals surface area contributed by atoms with Crippen molar-refractivity contribution >= 4 is 17.7 Å². The molecule has 0 atom stereocenters. The van der Waals surface area contributed by atoms with E-state index in [9.17, 15) is 0 Å². The normalized spacial score (nSPS) is 11.3. The Morgan fingerprint density at radius 2 is 1.77 bits per heavy atom. The third-order valence-electron chi connectivity index (χ3n) is 3.60. The highest BCUT2D eigenvalue weighted by Gasteiger charge is 2.13. The number of ether oxygens (including phenoxy) is 1. The number of anilines is 1. The van der Waals surface area contributed by atoms with Gasteiger partial charge >= 0.3 is 0 Å². The van der Waals surface area contributed by atoms with Gasteiger partial charge in [-0.1, -0.05) is 39.0 Å². The number of hydrogen-bond acceptors (Lipinski definition) is 7. The maximum Gasteiger partial charge on any atom is 0.224 e. The number of hydrogen-bond donors (Lipinski definition) is 1. The largest absolute Gasteiger partial charge is 0.486 e. The zero-order valence-corrected chi connectivity index (χ0v) is 15.8. The Bertz CT molecular complexity index is 863. The third kappa shape index (κ3) is 4.92. The molecule has 0 aliphatic rings. The van der Waals surface area contributed by atoms with Gasteiger partial charge in [-0.2, -0.15) is 9.97 Å². The van der Waals surface area contributed by atoms with Crippen LogP contribution in [0.1, 0.15) is 32.2 Å². The van der Waals surface area contributed by atoms with Crippen LogP contribution in [0.25, 0.3) is 0 Å². The van der Waals surface area contributed by atoms with Gasteiger partial charge in [0.1, 0.15) is 17.4 Å². The van der Waals surface area contributed by atoms with Gasteiger partial charge in [-0.25, -0.2) is 9.97 Å². The summed E-state index contributed by atoms with van der Waals surface area (Å²) in [6.07, 6.45) is 1.72. The van der Waals surface area contributed by atoms with Crippen molar-refractivity contribution in [2.75, 3.05) is 5.73 Å².